The molecular formula is C16H21FO3. The van der Waals surface area contributed by atoms with Crippen LogP contribution in [0.5, 0.6) is 5.75 Å². The molecule has 0 N–H and O–H groups in total. The first-order valence-electron chi connectivity index (χ1n) is 7.15. The average Bonchev–Trinajstić information content (AvgIpc) is 2.48. The van der Waals surface area contributed by atoms with Gasteiger partial charge in [-0.15, -0.1) is 0 Å². The van der Waals surface area contributed by atoms with Gasteiger partial charge in [-0.25, -0.2) is 4.39 Å². The number of rotatable bonds is 6. The molecule has 0 amide bonds. The van der Waals surface area contributed by atoms with Crippen molar-refractivity contribution < 1.29 is 18.7 Å². The smallest absolute Gasteiger partial charge is 0.168 e. The zero-order chi connectivity index (χ0) is 14.4. The Hall–Kier alpha value is -1.42. The number of hydrogen-bond acceptors (Lipinski definition) is 3. The minimum absolute atomic E-state index is 0.0475. The van der Waals surface area contributed by atoms with E-state index in [-0.39, 0.29) is 24.1 Å². The van der Waals surface area contributed by atoms with Gasteiger partial charge in [0, 0.05) is 19.4 Å². The molecule has 1 saturated heterocycles. The lowest BCUT2D eigenvalue weighted by atomic mass is 10.00. The van der Waals surface area contributed by atoms with Crippen molar-refractivity contribution in [2.24, 2.45) is 0 Å². The molecule has 1 aromatic rings. The lowest BCUT2D eigenvalue weighted by molar-refractivity contribution is -0.119. The number of halogens is 1. The Morgan fingerprint density at radius 3 is 3.00 bits per heavy atom. The molecule has 1 fully saturated rings. The van der Waals surface area contributed by atoms with Crippen LogP contribution in [-0.4, -0.2) is 25.6 Å². The van der Waals surface area contributed by atoms with Crippen molar-refractivity contribution in [3.8, 4) is 5.75 Å². The second-order valence-corrected chi connectivity index (χ2v) is 5.18. The first kappa shape index (κ1) is 15.0. The Labute approximate surface area is 119 Å². The normalized spacial score (nSPS) is 18.8. The summed E-state index contributed by atoms with van der Waals surface area (Å²) in [7, 11) is 1.42. The van der Waals surface area contributed by atoms with Crippen LogP contribution in [0.25, 0.3) is 0 Å². The number of benzene rings is 1. The van der Waals surface area contributed by atoms with Crippen LogP contribution >= 0.6 is 0 Å². The zero-order valence-corrected chi connectivity index (χ0v) is 11.9. The molecule has 1 aliphatic heterocycles. The molecule has 1 aromatic carbocycles. The monoisotopic (exact) mass is 280 g/mol. The van der Waals surface area contributed by atoms with Gasteiger partial charge in [0.2, 0.25) is 0 Å². The lowest BCUT2D eigenvalue weighted by Gasteiger charge is -2.22. The van der Waals surface area contributed by atoms with Gasteiger partial charge < -0.3 is 9.47 Å². The van der Waals surface area contributed by atoms with Crippen molar-refractivity contribution in [2.75, 3.05) is 13.7 Å². The summed E-state index contributed by atoms with van der Waals surface area (Å²) in [6.45, 7) is 0.795. The van der Waals surface area contributed by atoms with Crippen molar-refractivity contribution in [3.63, 3.8) is 0 Å². The van der Waals surface area contributed by atoms with Crippen LogP contribution in [0.3, 0.4) is 0 Å². The fraction of sp³-hybridized carbons (Fsp3) is 0.562. The van der Waals surface area contributed by atoms with Crippen LogP contribution in [0.4, 0.5) is 4.39 Å². The van der Waals surface area contributed by atoms with Crippen LogP contribution < -0.4 is 4.74 Å². The van der Waals surface area contributed by atoms with E-state index in [2.05, 4.69) is 0 Å². The van der Waals surface area contributed by atoms with Gasteiger partial charge >= 0.3 is 0 Å². The maximum absolute atomic E-state index is 13.9. The number of Topliss-reactive ketones (excluding diaryl/α,β-unsaturated/α-hetero) is 1. The van der Waals surface area contributed by atoms with Gasteiger partial charge in [0.05, 0.1) is 13.2 Å². The Morgan fingerprint density at radius 2 is 2.30 bits per heavy atom. The second-order valence-electron chi connectivity index (χ2n) is 5.18. The molecule has 1 heterocycles. The van der Waals surface area contributed by atoms with E-state index in [0.29, 0.717) is 12.0 Å². The molecular weight excluding hydrogens is 259 g/mol. The molecule has 1 aliphatic rings. The maximum Gasteiger partial charge on any atom is 0.168 e. The summed E-state index contributed by atoms with van der Waals surface area (Å²) < 4.78 is 24.4. The Bertz CT molecular complexity index is 453. The number of hydrogen-bond donors (Lipinski definition) is 0. The quantitative estimate of drug-likeness (QED) is 0.802. The van der Waals surface area contributed by atoms with E-state index in [1.54, 1.807) is 18.2 Å². The van der Waals surface area contributed by atoms with E-state index in [0.717, 1.165) is 25.9 Å². The first-order valence-corrected chi connectivity index (χ1v) is 7.15. The summed E-state index contributed by atoms with van der Waals surface area (Å²) in [5.74, 6) is -0.200. The predicted molar refractivity (Wildman–Crippen MR) is 74.5 cm³/mol. The van der Waals surface area contributed by atoms with Gasteiger partial charge in [0.25, 0.3) is 0 Å². The van der Waals surface area contributed by atoms with Crippen molar-refractivity contribution >= 4 is 5.78 Å². The molecule has 0 aliphatic carbocycles. The average molecular weight is 280 g/mol. The third kappa shape index (κ3) is 4.04. The molecule has 110 valence electrons. The largest absolute Gasteiger partial charge is 0.494 e. The molecule has 0 bridgehead atoms. The van der Waals surface area contributed by atoms with E-state index >= 15 is 0 Å². The summed E-state index contributed by atoms with van der Waals surface area (Å²) in [6.07, 6.45) is 4.81. The molecule has 0 spiro atoms. The molecule has 1 atom stereocenters. The van der Waals surface area contributed by atoms with Gasteiger partial charge in [0.15, 0.2) is 11.6 Å². The third-order valence-corrected chi connectivity index (χ3v) is 3.67. The number of ether oxygens (including phenoxy) is 2. The molecule has 2 rings (SSSR count). The maximum atomic E-state index is 13.9. The van der Waals surface area contributed by atoms with E-state index in [4.69, 9.17) is 9.47 Å². The summed E-state index contributed by atoms with van der Waals surface area (Å²) in [4.78, 5) is 11.9. The van der Waals surface area contributed by atoms with Crippen molar-refractivity contribution in [1.29, 1.82) is 0 Å². The first-order chi connectivity index (χ1) is 9.70. The van der Waals surface area contributed by atoms with Crippen LogP contribution in [0.2, 0.25) is 0 Å². The third-order valence-electron chi connectivity index (χ3n) is 3.67. The number of methoxy groups -OCH3 is 1. The molecule has 0 radical (unpaired) electrons. The van der Waals surface area contributed by atoms with E-state index < -0.39 is 5.82 Å². The highest BCUT2D eigenvalue weighted by molar-refractivity contribution is 5.81. The van der Waals surface area contributed by atoms with Crippen LogP contribution in [0.15, 0.2) is 18.2 Å². The van der Waals surface area contributed by atoms with Gasteiger partial charge in [-0.2, -0.15) is 0 Å². The number of carbonyl (C=O) groups is 1. The lowest BCUT2D eigenvalue weighted by Crippen LogP contribution is -2.20. The summed E-state index contributed by atoms with van der Waals surface area (Å²) in [5.41, 5.74) is 0.402. The highest BCUT2D eigenvalue weighted by Crippen LogP contribution is 2.22. The van der Waals surface area contributed by atoms with Crippen LogP contribution in [0, 0.1) is 5.82 Å². The van der Waals surface area contributed by atoms with Crippen molar-refractivity contribution in [1.82, 2.24) is 0 Å². The highest BCUT2D eigenvalue weighted by Gasteiger charge is 2.17. The fourth-order valence-corrected chi connectivity index (χ4v) is 2.51. The zero-order valence-electron chi connectivity index (χ0n) is 11.9. The second kappa shape index (κ2) is 7.39. The Morgan fingerprint density at radius 1 is 1.45 bits per heavy atom. The summed E-state index contributed by atoms with van der Waals surface area (Å²) >= 11 is 0. The molecule has 4 heteroatoms. The predicted octanol–water partition coefficient (Wildman–Crippen LogP) is 3.30. The van der Waals surface area contributed by atoms with Gasteiger partial charge in [-0.05, 0) is 37.3 Å². The molecule has 0 saturated carbocycles. The number of ketones is 1. The standard InChI is InChI=1S/C16H21FO3/c1-19-15-7-4-5-12(16(15)17)11-13(18)8-9-14-6-2-3-10-20-14/h4-5,7,14H,2-3,6,8-11H2,1H3. The fourth-order valence-electron chi connectivity index (χ4n) is 2.51. The topological polar surface area (TPSA) is 35.5 Å². The van der Waals surface area contributed by atoms with E-state index in [9.17, 15) is 9.18 Å². The van der Waals surface area contributed by atoms with Crippen molar-refractivity contribution in [3.05, 3.63) is 29.6 Å². The Balaban J connectivity index is 1.84. The number of carbonyl (C=O) groups excluding carboxylic acids is 1. The Kier molecular flexibility index (Phi) is 5.53. The van der Waals surface area contributed by atoms with Gasteiger partial charge in [0.1, 0.15) is 5.78 Å². The van der Waals surface area contributed by atoms with Gasteiger partial charge in [-0.3, -0.25) is 4.79 Å². The van der Waals surface area contributed by atoms with Crippen LogP contribution in [0.1, 0.15) is 37.7 Å². The van der Waals surface area contributed by atoms with Gasteiger partial charge in [-0.1, -0.05) is 12.1 Å². The summed E-state index contributed by atoms with van der Waals surface area (Å²) in [6, 6.07) is 4.89. The molecule has 0 aromatic heterocycles. The molecule has 20 heavy (non-hydrogen) atoms. The minimum atomic E-state index is -0.433. The summed E-state index contributed by atoms with van der Waals surface area (Å²) in [5, 5.41) is 0. The van der Waals surface area contributed by atoms with E-state index in [1.165, 1.54) is 13.5 Å². The molecule has 1 unspecified atom stereocenters. The van der Waals surface area contributed by atoms with Crippen LogP contribution in [-0.2, 0) is 16.0 Å². The highest BCUT2D eigenvalue weighted by atomic mass is 19.1. The van der Waals surface area contributed by atoms with Crippen molar-refractivity contribution in [2.45, 2.75) is 44.6 Å². The SMILES string of the molecule is COc1cccc(CC(=O)CCC2CCCCO2)c1F. The van der Waals surface area contributed by atoms with E-state index in [1.807, 2.05) is 0 Å². The minimum Gasteiger partial charge on any atom is -0.494 e. The molecule has 3 nitrogen and oxygen atoms in total.